The molecule has 0 saturated heterocycles. The van der Waals surface area contributed by atoms with E-state index in [9.17, 15) is 0 Å². The second-order valence-corrected chi connectivity index (χ2v) is 7.59. The molecule has 1 atom stereocenters. The maximum atomic E-state index is 6.18. The Balaban J connectivity index is 1.69. The van der Waals surface area contributed by atoms with Crippen LogP contribution in [0.1, 0.15) is 54.7 Å². The van der Waals surface area contributed by atoms with E-state index in [1.807, 2.05) is 0 Å². The summed E-state index contributed by atoms with van der Waals surface area (Å²) in [7, 11) is 0. The second-order valence-electron chi connectivity index (χ2n) is 5.82. The molecule has 1 N–H and O–H groups in total. The van der Waals surface area contributed by atoms with Crippen LogP contribution < -0.4 is 5.32 Å². The molecule has 0 spiro atoms. The van der Waals surface area contributed by atoms with Gasteiger partial charge >= 0.3 is 0 Å². The number of anilines is 1. The van der Waals surface area contributed by atoms with Gasteiger partial charge in [-0.15, -0.1) is 11.3 Å². The maximum absolute atomic E-state index is 6.18. The molecule has 0 radical (unpaired) electrons. The van der Waals surface area contributed by atoms with Crippen LogP contribution in [0.2, 0.25) is 4.34 Å². The van der Waals surface area contributed by atoms with E-state index in [2.05, 4.69) is 42.6 Å². The third-order valence-corrected chi connectivity index (χ3v) is 5.54. The number of unbranched alkanes of at least 4 members (excludes halogenated alkanes) is 1. The van der Waals surface area contributed by atoms with Crippen molar-refractivity contribution >= 4 is 28.6 Å². The van der Waals surface area contributed by atoms with Crippen LogP contribution in [0.3, 0.4) is 0 Å². The fourth-order valence-electron chi connectivity index (χ4n) is 3.02. The summed E-state index contributed by atoms with van der Waals surface area (Å²) >= 11 is 7.92. The lowest BCUT2D eigenvalue weighted by Gasteiger charge is -2.24. The number of rotatable bonds is 5. The lowest BCUT2D eigenvalue weighted by atomic mass is 9.94. The molecule has 1 aromatic heterocycles. The third-order valence-electron chi connectivity index (χ3n) is 4.20. The number of benzene rings is 1. The molecular weight excluding hydrogens is 298 g/mol. The molecule has 1 unspecified atom stereocenters. The van der Waals surface area contributed by atoms with Gasteiger partial charge in [-0.2, -0.15) is 0 Å². The first-order valence-electron chi connectivity index (χ1n) is 7.90. The Morgan fingerprint density at radius 2 is 2.10 bits per heavy atom. The molecular formula is C18H22ClNS. The Labute approximate surface area is 136 Å². The number of hydrogen-bond acceptors (Lipinski definition) is 2. The van der Waals surface area contributed by atoms with Crippen molar-refractivity contribution in [1.82, 2.24) is 0 Å². The van der Waals surface area contributed by atoms with Gasteiger partial charge in [0.05, 0.1) is 10.4 Å². The van der Waals surface area contributed by atoms with E-state index >= 15 is 0 Å². The number of nitrogens with one attached hydrogen (secondary N) is 1. The average Bonchev–Trinajstić information content (AvgIpc) is 2.88. The first kappa shape index (κ1) is 14.9. The summed E-state index contributed by atoms with van der Waals surface area (Å²) in [6.07, 6.45) is 7.33. The highest BCUT2D eigenvalue weighted by Gasteiger charge is 2.22. The van der Waals surface area contributed by atoms with Crippen LogP contribution in [0, 0.1) is 0 Å². The lowest BCUT2D eigenvalue weighted by molar-refractivity contribution is 0.609. The van der Waals surface area contributed by atoms with Crippen LogP contribution in [-0.2, 0) is 12.8 Å². The van der Waals surface area contributed by atoms with Crippen molar-refractivity contribution < 1.29 is 0 Å². The number of thiophene rings is 1. The minimum Gasteiger partial charge on any atom is -0.378 e. The summed E-state index contributed by atoms with van der Waals surface area (Å²) in [4.78, 5) is 1.46. The Hall–Kier alpha value is -0.990. The maximum Gasteiger partial charge on any atom is 0.0934 e. The van der Waals surface area contributed by atoms with E-state index in [0.29, 0.717) is 6.04 Å². The van der Waals surface area contributed by atoms with Crippen LogP contribution in [0.15, 0.2) is 30.3 Å². The van der Waals surface area contributed by atoms with E-state index in [1.54, 1.807) is 11.3 Å². The van der Waals surface area contributed by atoms with Crippen LogP contribution in [0.5, 0.6) is 0 Å². The highest BCUT2D eigenvalue weighted by atomic mass is 35.5. The molecule has 1 aromatic carbocycles. The van der Waals surface area contributed by atoms with Gasteiger partial charge in [-0.1, -0.05) is 37.1 Å². The molecule has 0 aliphatic heterocycles. The largest absolute Gasteiger partial charge is 0.378 e. The summed E-state index contributed by atoms with van der Waals surface area (Å²) in [6, 6.07) is 11.5. The summed E-state index contributed by atoms with van der Waals surface area (Å²) < 4.78 is 0.920. The predicted octanol–water partition coefficient (Wildman–Crippen LogP) is 6.23. The van der Waals surface area contributed by atoms with Gasteiger partial charge in [0.2, 0.25) is 0 Å². The normalized spacial score (nSPS) is 17.5. The van der Waals surface area contributed by atoms with Gasteiger partial charge in [0.15, 0.2) is 0 Å². The molecule has 1 nitrogen and oxygen atoms in total. The molecule has 0 bridgehead atoms. The van der Waals surface area contributed by atoms with E-state index < -0.39 is 0 Å². The number of hydrogen-bond donors (Lipinski definition) is 1. The third kappa shape index (κ3) is 3.61. The van der Waals surface area contributed by atoms with Crippen molar-refractivity contribution in [1.29, 1.82) is 0 Å². The lowest BCUT2D eigenvalue weighted by Crippen LogP contribution is -2.15. The van der Waals surface area contributed by atoms with Crippen molar-refractivity contribution in [2.45, 2.75) is 51.5 Å². The Morgan fingerprint density at radius 3 is 2.86 bits per heavy atom. The van der Waals surface area contributed by atoms with Crippen molar-refractivity contribution in [3.63, 3.8) is 0 Å². The number of aryl methyl sites for hydroxylation is 2. The molecule has 3 heteroatoms. The quantitative estimate of drug-likeness (QED) is 0.688. The molecule has 112 valence electrons. The van der Waals surface area contributed by atoms with Gasteiger partial charge in [-0.3, -0.25) is 0 Å². The summed E-state index contributed by atoms with van der Waals surface area (Å²) in [5.41, 5.74) is 4.06. The smallest absolute Gasteiger partial charge is 0.0934 e. The van der Waals surface area contributed by atoms with Crippen LogP contribution in [-0.4, -0.2) is 0 Å². The molecule has 0 amide bonds. The van der Waals surface area contributed by atoms with Gasteiger partial charge < -0.3 is 5.32 Å². The Bertz CT molecular complexity index is 588. The topological polar surface area (TPSA) is 12.0 Å². The van der Waals surface area contributed by atoms with Crippen molar-refractivity contribution in [2.75, 3.05) is 5.32 Å². The monoisotopic (exact) mass is 319 g/mol. The van der Waals surface area contributed by atoms with Crippen molar-refractivity contribution in [3.8, 4) is 0 Å². The standard InChI is InChI=1S/C18H22ClNS/c1-2-3-5-13-8-10-14(11-9-13)20-16-6-4-7-17-15(16)12-18(19)21-17/h8-12,16,20H,2-7H2,1H3. The fourth-order valence-corrected chi connectivity index (χ4v) is 4.40. The van der Waals surface area contributed by atoms with Crippen LogP contribution in [0.25, 0.3) is 0 Å². The highest BCUT2D eigenvalue weighted by Crippen LogP contribution is 2.39. The molecule has 2 aromatic rings. The van der Waals surface area contributed by atoms with Gasteiger partial charge in [-0.25, -0.2) is 0 Å². The van der Waals surface area contributed by atoms with Crippen LogP contribution >= 0.6 is 22.9 Å². The number of fused-ring (bicyclic) bond motifs is 1. The second kappa shape index (κ2) is 6.85. The highest BCUT2D eigenvalue weighted by molar-refractivity contribution is 7.16. The van der Waals surface area contributed by atoms with E-state index in [1.165, 1.54) is 60.2 Å². The number of halogens is 1. The first-order valence-corrected chi connectivity index (χ1v) is 9.09. The van der Waals surface area contributed by atoms with E-state index in [0.717, 1.165) is 4.34 Å². The molecule has 0 fully saturated rings. The Kier molecular flexibility index (Phi) is 4.87. The Morgan fingerprint density at radius 1 is 1.29 bits per heavy atom. The van der Waals surface area contributed by atoms with Crippen molar-refractivity contribution in [2.24, 2.45) is 0 Å². The van der Waals surface area contributed by atoms with Gasteiger partial charge in [-0.05, 0) is 61.4 Å². The van der Waals surface area contributed by atoms with Gasteiger partial charge in [0.25, 0.3) is 0 Å². The zero-order valence-electron chi connectivity index (χ0n) is 12.5. The van der Waals surface area contributed by atoms with E-state index in [-0.39, 0.29) is 0 Å². The van der Waals surface area contributed by atoms with Crippen molar-refractivity contribution in [3.05, 3.63) is 50.7 Å². The summed E-state index contributed by atoms with van der Waals surface area (Å²) in [6.45, 7) is 2.24. The molecule has 1 aliphatic rings. The molecule has 3 rings (SSSR count). The molecule has 0 saturated carbocycles. The SMILES string of the molecule is CCCCc1ccc(NC2CCCc3sc(Cl)cc32)cc1. The van der Waals surface area contributed by atoms with Gasteiger partial charge in [0.1, 0.15) is 0 Å². The molecule has 21 heavy (non-hydrogen) atoms. The average molecular weight is 320 g/mol. The molecule has 1 heterocycles. The molecule has 1 aliphatic carbocycles. The fraction of sp³-hybridized carbons (Fsp3) is 0.444. The van der Waals surface area contributed by atoms with Gasteiger partial charge in [0, 0.05) is 10.6 Å². The zero-order valence-corrected chi connectivity index (χ0v) is 14.1. The van der Waals surface area contributed by atoms with E-state index in [4.69, 9.17) is 11.6 Å². The zero-order chi connectivity index (χ0) is 14.7. The summed E-state index contributed by atoms with van der Waals surface area (Å²) in [5, 5.41) is 3.68. The minimum atomic E-state index is 0.416. The first-order chi connectivity index (χ1) is 10.3. The van der Waals surface area contributed by atoms with Crippen LogP contribution in [0.4, 0.5) is 5.69 Å². The predicted molar refractivity (Wildman–Crippen MR) is 93.7 cm³/mol. The minimum absolute atomic E-state index is 0.416. The summed E-state index contributed by atoms with van der Waals surface area (Å²) in [5.74, 6) is 0.